The van der Waals surface area contributed by atoms with Gasteiger partial charge in [0.1, 0.15) is 0 Å². The highest BCUT2D eigenvalue weighted by Crippen LogP contribution is 2.09. The molecule has 0 heterocycles. The molecular weight excluding hydrogens is 150 g/mol. The largest absolute Gasteiger partial charge is 0.311 e. The third-order valence-corrected chi connectivity index (χ3v) is 1.97. The van der Waals surface area contributed by atoms with Gasteiger partial charge in [-0.1, -0.05) is 27.7 Å². The lowest BCUT2D eigenvalue weighted by atomic mass is 9.94. The first-order valence-electron chi connectivity index (χ1n) is 4.70. The van der Waals surface area contributed by atoms with E-state index < -0.39 is 0 Å². The Balaban J connectivity index is 4.06. The zero-order chi connectivity index (χ0) is 9.72. The van der Waals surface area contributed by atoms with E-state index in [9.17, 15) is 4.79 Å². The Morgan fingerprint density at radius 2 is 1.75 bits per heavy atom. The van der Waals surface area contributed by atoms with Crippen LogP contribution >= 0.6 is 0 Å². The number of likely N-dealkylation sites (N-methyl/N-ethyl adjacent to an activating group) is 1. The second kappa shape index (κ2) is 5.31. The predicted molar refractivity (Wildman–Crippen MR) is 52.1 cm³/mol. The Kier molecular flexibility index (Phi) is 5.14. The lowest BCUT2D eigenvalue weighted by Gasteiger charge is -2.18. The molecule has 0 fully saturated rings. The zero-order valence-electron chi connectivity index (χ0n) is 8.85. The molecule has 2 heteroatoms. The van der Waals surface area contributed by atoms with Crippen molar-refractivity contribution < 1.29 is 4.79 Å². The van der Waals surface area contributed by atoms with Crippen LogP contribution in [0, 0.1) is 11.8 Å². The minimum atomic E-state index is 0.0463. The lowest BCUT2D eigenvalue weighted by molar-refractivity contribution is -0.124. The molecule has 0 aliphatic heterocycles. The fraction of sp³-hybridized carbons (Fsp3) is 0.900. The second-order valence-corrected chi connectivity index (χ2v) is 4.03. The van der Waals surface area contributed by atoms with Crippen LogP contribution in [0.1, 0.15) is 34.1 Å². The first kappa shape index (κ1) is 11.6. The molecule has 0 aliphatic carbocycles. The number of hydrogen-bond donors (Lipinski definition) is 1. The van der Waals surface area contributed by atoms with E-state index in [4.69, 9.17) is 0 Å². The van der Waals surface area contributed by atoms with Crippen LogP contribution in [0.15, 0.2) is 0 Å². The molecule has 1 atom stereocenters. The van der Waals surface area contributed by atoms with Crippen LogP contribution in [-0.2, 0) is 4.79 Å². The number of nitrogens with one attached hydrogen (secondary N) is 1. The number of rotatable bonds is 5. The van der Waals surface area contributed by atoms with Crippen molar-refractivity contribution in [3.63, 3.8) is 0 Å². The average Bonchev–Trinajstić information content (AvgIpc) is 1.98. The van der Waals surface area contributed by atoms with E-state index in [0.717, 1.165) is 6.42 Å². The molecule has 0 spiro atoms. The maximum absolute atomic E-state index is 11.5. The van der Waals surface area contributed by atoms with Crippen molar-refractivity contribution in [3.05, 3.63) is 0 Å². The minimum absolute atomic E-state index is 0.0463. The van der Waals surface area contributed by atoms with E-state index in [-0.39, 0.29) is 12.0 Å². The van der Waals surface area contributed by atoms with E-state index in [2.05, 4.69) is 19.2 Å². The van der Waals surface area contributed by atoms with Gasteiger partial charge < -0.3 is 5.32 Å². The van der Waals surface area contributed by atoms with Crippen LogP contribution in [0.2, 0.25) is 0 Å². The molecule has 0 radical (unpaired) electrons. The van der Waals surface area contributed by atoms with Gasteiger partial charge in [-0.05, 0) is 19.4 Å². The van der Waals surface area contributed by atoms with E-state index >= 15 is 0 Å². The molecule has 0 aromatic heterocycles. The number of Topliss-reactive ketones (excluding diaryl/α,β-unsaturated/α-hetero) is 1. The van der Waals surface area contributed by atoms with Crippen LogP contribution < -0.4 is 5.32 Å². The summed E-state index contributed by atoms with van der Waals surface area (Å²) < 4.78 is 0. The number of ketones is 1. The Morgan fingerprint density at radius 3 is 2.00 bits per heavy atom. The smallest absolute Gasteiger partial charge is 0.152 e. The number of carbonyl (C=O) groups excluding carboxylic acids is 1. The molecule has 72 valence electrons. The SMILES string of the molecule is CNC(CC(C)C)C(=O)C(C)C. The summed E-state index contributed by atoms with van der Waals surface area (Å²) >= 11 is 0. The van der Waals surface area contributed by atoms with E-state index in [1.54, 1.807) is 0 Å². The van der Waals surface area contributed by atoms with Gasteiger partial charge in [-0.15, -0.1) is 0 Å². The standard InChI is InChI=1S/C10H21NO/c1-7(2)6-9(11-5)10(12)8(3)4/h7-9,11H,6H2,1-5H3. The number of hydrogen-bond acceptors (Lipinski definition) is 2. The third kappa shape index (κ3) is 3.86. The van der Waals surface area contributed by atoms with Crippen molar-refractivity contribution in [2.24, 2.45) is 11.8 Å². The Morgan fingerprint density at radius 1 is 1.25 bits per heavy atom. The maximum atomic E-state index is 11.5. The quantitative estimate of drug-likeness (QED) is 0.684. The van der Waals surface area contributed by atoms with E-state index in [0.29, 0.717) is 11.7 Å². The summed E-state index contributed by atoms with van der Waals surface area (Å²) in [5.41, 5.74) is 0. The molecule has 0 aromatic rings. The molecule has 0 bridgehead atoms. The summed E-state index contributed by atoms with van der Waals surface area (Å²) in [4.78, 5) is 11.5. The zero-order valence-corrected chi connectivity index (χ0v) is 8.85. The van der Waals surface area contributed by atoms with Gasteiger partial charge in [-0.3, -0.25) is 4.79 Å². The van der Waals surface area contributed by atoms with Crippen molar-refractivity contribution in [1.29, 1.82) is 0 Å². The van der Waals surface area contributed by atoms with Gasteiger partial charge in [0.05, 0.1) is 6.04 Å². The lowest BCUT2D eigenvalue weighted by Crippen LogP contribution is -2.37. The second-order valence-electron chi connectivity index (χ2n) is 4.03. The van der Waals surface area contributed by atoms with Crippen LogP contribution in [0.5, 0.6) is 0 Å². The topological polar surface area (TPSA) is 29.1 Å². The first-order valence-corrected chi connectivity index (χ1v) is 4.70. The van der Waals surface area contributed by atoms with Crippen LogP contribution in [0.4, 0.5) is 0 Å². The van der Waals surface area contributed by atoms with Crippen LogP contribution in [0.3, 0.4) is 0 Å². The molecule has 0 amide bonds. The highest BCUT2D eigenvalue weighted by molar-refractivity contribution is 5.85. The monoisotopic (exact) mass is 171 g/mol. The fourth-order valence-electron chi connectivity index (χ4n) is 1.25. The predicted octanol–water partition coefficient (Wildman–Crippen LogP) is 1.85. The van der Waals surface area contributed by atoms with E-state index in [1.165, 1.54) is 0 Å². The molecule has 0 aliphatic rings. The summed E-state index contributed by atoms with van der Waals surface area (Å²) in [7, 11) is 1.85. The Labute approximate surface area is 75.7 Å². The van der Waals surface area contributed by atoms with Gasteiger partial charge in [0.25, 0.3) is 0 Å². The Hall–Kier alpha value is -0.370. The first-order chi connectivity index (χ1) is 5.49. The third-order valence-electron chi connectivity index (χ3n) is 1.97. The molecular formula is C10H21NO. The van der Waals surface area contributed by atoms with E-state index in [1.807, 2.05) is 20.9 Å². The van der Waals surface area contributed by atoms with Gasteiger partial charge in [0.2, 0.25) is 0 Å². The summed E-state index contributed by atoms with van der Waals surface area (Å²) in [6.45, 7) is 8.18. The highest BCUT2D eigenvalue weighted by atomic mass is 16.1. The number of carbonyl (C=O) groups is 1. The summed E-state index contributed by atoms with van der Waals surface area (Å²) in [5.74, 6) is 1.04. The molecule has 0 saturated heterocycles. The highest BCUT2D eigenvalue weighted by Gasteiger charge is 2.19. The van der Waals surface area contributed by atoms with Crippen LogP contribution in [0.25, 0.3) is 0 Å². The molecule has 12 heavy (non-hydrogen) atoms. The Bertz CT molecular complexity index is 141. The average molecular weight is 171 g/mol. The maximum Gasteiger partial charge on any atom is 0.152 e. The molecule has 1 unspecified atom stereocenters. The fourth-order valence-corrected chi connectivity index (χ4v) is 1.25. The molecule has 1 N–H and O–H groups in total. The van der Waals surface area contributed by atoms with Gasteiger partial charge in [0, 0.05) is 5.92 Å². The van der Waals surface area contributed by atoms with Gasteiger partial charge in [-0.25, -0.2) is 0 Å². The van der Waals surface area contributed by atoms with Crippen molar-refractivity contribution in [2.45, 2.75) is 40.2 Å². The van der Waals surface area contributed by atoms with Gasteiger partial charge >= 0.3 is 0 Å². The molecule has 0 aromatic carbocycles. The van der Waals surface area contributed by atoms with Gasteiger partial charge in [0.15, 0.2) is 5.78 Å². The molecule has 2 nitrogen and oxygen atoms in total. The summed E-state index contributed by atoms with van der Waals surface area (Å²) in [6.07, 6.45) is 0.938. The van der Waals surface area contributed by atoms with Crippen molar-refractivity contribution in [3.8, 4) is 0 Å². The summed E-state index contributed by atoms with van der Waals surface area (Å²) in [5, 5.41) is 3.06. The van der Waals surface area contributed by atoms with Crippen molar-refractivity contribution in [1.82, 2.24) is 5.32 Å². The molecule has 0 saturated carbocycles. The van der Waals surface area contributed by atoms with Crippen molar-refractivity contribution >= 4 is 5.78 Å². The van der Waals surface area contributed by atoms with Crippen LogP contribution in [-0.4, -0.2) is 18.9 Å². The normalized spacial score (nSPS) is 13.9. The summed E-state index contributed by atoms with van der Waals surface area (Å²) in [6, 6.07) is 0.0463. The van der Waals surface area contributed by atoms with Crippen molar-refractivity contribution in [2.75, 3.05) is 7.05 Å². The van der Waals surface area contributed by atoms with Gasteiger partial charge in [-0.2, -0.15) is 0 Å². The molecule has 0 rings (SSSR count). The minimum Gasteiger partial charge on any atom is -0.311 e.